The molecule has 0 unspecified atom stereocenters. The first-order valence-corrected chi connectivity index (χ1v) is 6.43. The molecule has 0 aliphatic carbocycles. The summed E-state index contributed by atoms with van der Waals surface area (Å²) in [6.45, 7) is 7.67. The Morgan fingerprint density at radius 3 is 2.20 bits per heavy atom. The maximum atomic E-state index is 11.6. The van der Waals surface area contributed by atoms with Crippen LogP contribution >= 0.6 is 0 Å². The second-order valence-electron chi connectivity index (χ2n) is 5.88. The van der Waals surface area contributed by atoms with Gasteiger partial charge in [-0.25, -0.2) is 0 Å². The van der Waals surface area contributed by atoms with Gasteiger partial charge in [-0.3, -0.25) is 9.59 Å². The number of carbonyl (C=O) groups excluding carboxylic acids is 2. The van der Waals surface area contributed by atoms with Crippen molar-refractivity contribution in [1.82, 2.24) is 0 Å². The van der Waals surface area contributed by atoms with E-state index in [-0.39, 0.29) is 11.1 Å². The normalized spacial score (nSPS) is 19.9. The molecule has 1 amide bonds. The van der Waals surface area contributed by atoms with Gasteiger partial charge in [-0.1, -0.05) is 18.2 Å². The van der Waals surface area contributed by atoms with E-state index in [0.717, 1.165) is 0 Å². The van der Waals surface area contributed by atoms with E-state index in [2.05, 4.69) is 0 Å². The molecular formula is C14H18BNO4. The van der Waals surface area contributed by atoms with Gasteiger partial charge >= 0.3 is 7.12 Å². The minimum atomic E-state index is -0.720. The summed E-state index contributed by atoms with van der Waals surface area (Å²) in [5.41, 5.74) is 5.22. The molecule has 2 rings (SSSR count). The van der Waals surface area contributed by atoms with E-state index in [1.165, 1.54) is 0 Å². The van der Waals surface area contributed by atoms with Gasteiger partial charge < -0.3 is 15.0 Å². The maximum absolute atomic E-state index is 11.6. The van der Waals surface area contributed by atoms with E-state index in [0.29, 0.717) is 11.7 Å². The topological polar surface area (TPSA) is 78.6 Å². The lowest BCUT2D eigenvalue weighted by Gasteiger charge is -2.32. The largest absolute Gasteiger partial charge is 0.495 e. The van der Waals surface area contributed by atoms with Crippen molar-refractivity contribution in [2.24, 2.45) is 5.73 Å². The lowest BCUT2D eigenvalue weighted by Crippen LogP contribution is -2.41. The highest BCUT2D eigenvalue weighted by Crippen LogP contribution is 2.36. The van der Waals surface area contributed by atoms with Crippen LogP contribution in [0.5, 0.6) is 0 Å². The first-order chi connectivity index (χ1) is 9.19. The molecule has 5 nitrogen and oxygen atoms in total. The minimum Gasteiger partial charge on any atom is -0.399 e. The molecule has 1 aromatic carbocycles. The van der Waals surface area contributed by atoms with Crippen molar-refractivity contribution in [1.29, 1.82) is 0 Å². The zero-order valence-corrected chi connectivity index (χ0v) is 12.1. The Hall–Kier alpha value is -1.66. The van der Waals surface area contributed by atoms with Crippen LogP contribution < -0.4 is 11.2 Å². The number of aldehydes is 1. The van der Waals surface area contributed by atoms with E-state index in [1.54, 1.807) is 18.2 Å². The molecule has 0 aromatic heterocycles. The summed E-state index contributed by atoms with van der Waals surface area (Å²) in [6, 6.07) is 4.91. The average Bonchev–Trinajstić information content (AvgIpc) is 2.57. The fourth-order valence-electron chi connectivity index (χ4n) is 2.14. The third kappa shape index (κ3) is 2.25. The molecule has 0 atom stereocenters. The van der Waals surface area contributed by atoms with Crippen LogP contribution in [0.2, 0.25) is 0 Å². The van der Waals surface area contributed by atoms with Crippen LogP contribution in [0.4, 0.5) is 0 Å². The van der Waals surface area contributed by atoms with Crippen molar-refractivity contribution in [3.05, 3.63) is 29.3 Å². The fourth-order valence-corrected chi connectivity index (χ4v) is 2.14. The number of nitrogens with two attached hydrogens (primary N) is 1. The number of benzene rings is 1. The van der Waals surface area contributed by atoms with E-state index in [9.17, 15) is 9.59 Å². The summed E-state index contributed by atoms with van der Waals surface area (Å²) < 4.78 is 11.8. The van der Waals surface area contributed by atoms with Crippen LogP contribution in [-0.4, -0.2) is 30.5 Å². The van der Waals surface area contributed by atoms with E-state index in [1.807, 2.05) is 27.7 Å². The van der Waals surface area contributed by atoms with Gasteiger partial charge in [-0.2, -0.15) is 0 Å². The third-order valence-electron chi connectivity index (χ3n) is 4.01. The molecule has 0 saturated carbocycles. The highest BCUT2D eigenvalue weighted by atomic mass is 16.7. The number of rotatable bonds is 3. The van der Waals surface area contributed by atoms with Crippen molar-refractivity contribution >= 4 is 24.8 Å². The van der Waals surface area contributed by atoms with Gasteiger partial charge in [-0.15, -0.1) is 0 Å². The molecule has 20 heavy (non-hydrogen) atoms. The van der Waals surface area contributed by atoms with Crippen LogP contribution in [0.15, 0.2) is 18.2 Å². The predicted octanol–water partition coefficient (Wildman–Crippen LogP) is 0.897. The molecule has 1 aromatic rings. The van der Waals surface area contributed by atoms with Gasteiger partial charge in [0.25, 0.3) is 0 Å². The van der Waals surface area contributed by atoms with Crippen molar-refractivity contribution < 1.29 is 18.9 Å². The molecule has 6 heteroatoms. The Labute approximate surface area is 118 Å². The van der Waals surface area contributed by atoms with Gasteiger partial charge in [-0.05, 0) is 33.2 Å². The van der Waals surface area contributed by atoms with Crippen molar-refractivity contribution in [3.63, 3.8) is 0 Å². The van der Waals surface area contributed by atoms with E-state index in [4.69, 9.17) is 15.0 Å². The second-order valence-corrected chi connectivity index (χ2v) is 5.88. The molecule has 1 saturated heterocycles. The molecule has 0 bridgehead atoms. The Morgan fingerprint density at radius 2 is 1.75 bits per heavy atom. The second kappa shape index (κ2) is 4.72. The molecule has 0 radical (unpaired) electrons. The molecule has 0 spiro atoms. The summed E-state index contributed by atoms with van der Waals surface area (Å²) in [6.07, 6.45) is 0.606. The Kier molecular flexibility index (Phi) is 3.48. The Bertz CT molecular complexity index is 552. The van der Waals surface area contributed by atoms with Gasteiger partial charge in [0.15, 0.2) is 6.29 Å². The zero-order valence-electron chi connectivity index (χ0n) is 12.1. The Balaban J connectivity index is 2.50. The first-order valence-electron chi connectivity index (χ1n) is 6.43. The molecule has 1 aliphatic rings. The predicted molar refractivity (Wildman–Crippen MR) is 76.1 cm³/mol. The standard InChI is InChI=1S/C14H18BNO4/c1-13(2)14(3,4)20-15(19-13)10-7-5-6-9(8-17)11(10)12(16)18/h5-8H,1-4H3,(H2,16,18). The van der Waals surface area contributed by atoms with Crippen LogP contribution in [0.25, 0.3) is 0 Å². The van der Waals surface area contributed by atoms with Crippen LogP contribution in [0.3, 0.4) is 0 Å². The molecule has 2 N–H and O–H groups in total. The van der Waals surface area contributed by atoms with E-state index < -0.39 is 24.2 Å². The molecule has 1 heterocycles. The summed E-state index contributed by atoms with van der Waals surface area (Å²) in [4.78, 5) is 22.7. The Morgan fingerprint density at radius 1 is 1.20 bits per heavy atom. The van der Waals surface area contributed by atoms with Crippen molar-refractivity contribution in [3.8, 4) is 0 Å². The van der Waals surface area contributed by atoms with Gasteiger partial charge in [0.2, 0.25) is 5.91 Å². The maximum Gasteiger partial charge on any atom is 0.495 e. The van der Waals surface area contributed by atoms with Crippen LogP contribution in [0.1, 0.15) is 48.4 Å². The van der Waals surface area contributed by atoms with Crippen LogP contribution in [0, 0.1) is 0 Å². The zero-order chi connectivity index (χ0) is 15.1. The van der Waals surface area contributed by atoms with Gasteiger partial charge in [0.1, 0.15) is 0 Å². The SMILES string of the molecule is CC1(C)OB(c2cccc(C=O)c2C(N)=O)OC1(C)C. The van der Waals surface area contributed by atoms with E-state index >= 15 is 0 Å². The van der Waals surface area contributed by atoms with Crippen molar-refractivity contribution in [2.45, 2.75) is 38.9 Å². The monoisotopic (exact) mass is 275 g/mol. The third-order valence-corrected chi connectivity index (χ3v) is 4.01. The van der Waals surface area contributed by atoms with Crippen molar-refractivity contribution in [2.75, 3.05) is 0 Å². The number of primary amides is 1. The number of carbonyl (C=O) groups is 2. The summed E-state index contributed by atoms with van der Waals surface area (Å²) in [5, 5.41) is 0. The summed E-state index contributed by atoms with van der Waals surface area (Å²) >= 11 is 0. The van der Waals surface area contributed by atoms with Gasteiger partial charge in [0, 0.05) is 11.1 Å². The first kappa shape index (κ1) is 14.7. The molecule has 1 aliphatic heterocycles. The summed E-state index contributed by atoms with van der Waals surface area (Å²) in [7, 11) is -0.720. The molecule has 1 fully saturated rings. The highest BCUT2D eigenvalue weighted by molar-refractivity contribution is 6.64. The number of amides is 1. The fraction of sp³-hybridized carbons (Fsp3) is 0.429. The quantitative estimate of drug-likeness (QED) is 0.656. The lowest BCUT2D eigenvalue weighted by molar-refractivity contribution is 0.00578. The number of hydrogen-bond acceptors (Lipinski definition) is 4. The minimum absolute atomic E-state index is 0.154. The lowest BCUT2D eigenvalue weighted by atomic mass is 9.74. The van der Waals surface area contributed by atoms with Gasteiger partial charge in [0.05, 0.1) is 11.2 Å². The van der Waals surface area contributed by atoms with Crippen LogP contribution in [-0.2, 0) is 9.31 Å². The average molecular weight is 275 g/mol. The number of hydrogen-bond donors (Lipinski definition) is 1. The highest BCUT2D eigenvalue weighted by Gasteiger charge is 2.52. The smallest absolute Gasteiger partial charge is 0.399 e. The molecular weight excluding hydrogens is 257 g/mol. The summed E-state index contributed by atoms with van der Waals surface area (Å²) in [5.74, 6) is -0.669. The molecule has 106 valence electrons.